The van der Waals surface area contributed by atoms with Crippen LogP contribution in [0.3, 0.4) is 0 Å². The summed E-state index contributed by atoms with van der Waals surface area (Å²) in [7, 11) is 0. The van der Waals surface area contributed by atoms with Crippen LogP contribution in [0, 0.1) is 15.9 Å². The zero-order valence-electron chi connectivity index (χ0n) is 15.1. The van der Waals surface area contributed by atoms with E-state index in [-0.39, 0.29) is 12.2 Å². The summed E-state index contributed by atoms with van der Waals surface area (Å²) in [5.41, 5.74) is -2.33. The maximum absolute atomic E-state index is 13.3. The van der Waals surface area contributed by atoms with Gasteiger partial charge in [-0.05, 0) is 36.6 Å². The number of aliphatic hydroxyl groups is 1. The first-order chi connectivity index (χ1) is 13.7. The summed E-state index contributed by atoms with van der Waals surface area (Å²) in [6, 6.07) is 12.1. The summed E-state index contributed by atoms with van der Waals surface area (Å²) in [5, 5.41) is 26.9. The Labute approximate surface area is 168 Å². The summed E-state index contributed by atoms with van der Waals surface area (Å²) >= 11 is 1.37. The van der Waals surface area contributed by atoms with Crippen LogP contribution in [-0.4, -0.2) is 28.4 Å². The number of nitro benzene ring substituents is 1. The quantitative estimate of drug-likeness (QED) is 0.335. The van der Waals surface area contributed by atoms with E-state index in [1.165, 1.54) is 18.3 Å². The lowest BCUT2D eigenvalue weighted by Gasteiger charge is -2.22. The number of nitrogens with zero attached hydrogens (tertiary/aromatic N) is 1. The smallest absolute Gasteiger partial charge is 0.313 e. The zero-order valence-corrected chi connectivity index (χ0v) is 16.0. The van der Waals surface area contributed by atoms with Crippen molar-refractivity contribution in [1.29, 1.82) is 0 Å². The maximum Gasteiger partial charge on any atom is 0.313 e. The summed E-state index contributed by atoms with van der Waals surface area (Å²) in [6.45, 7) is 1.29. The number of anilines is 1. The molecule has 0 aliphatic heterocycles. The molecular weight excluding hydrogens is 401 g/mol. The predicted molar refractivity (Wildman–Crippen MR) is 106 cm³/mol. The number of halogens is 1. The van der Waals surface area contributed by atoms with Gasteiger partial charge in [0.2, 0.25) is 5.82 Å². The second kappa shape index (κ2) is 7.94. The molecule has 1 aromatic heterocycles. The molecule has 0 aliphatic rings. The lowest BCUT2D eigenvalue weighted by molar-refractivity contribution is -0.387. The number of hydrogen-bond acceptors (Lipinski definition) is 6. The van der Waals surface area contributed by atoms with Crippen molar-refractivity contribution >= 4 is 44.6 Å². The van der Waals surface area contributed by atoms with Crippen molar-refractivity contribution in [3.8, 4) is 0 Å². The van der Waals surface area contributed by atoms with Gasteiger partial charge in [-0.3, -0.25) is 19.7 Å². The van der Waals surface area contributed by atoms with E-state index < -0.39 is 33.8 Å². The Kier molecular flexibility index (Phi) is 5.57. The average Bonchev–Trinajstić information content (AvgIpc) is 3.12. The molecule has 29 heavy (non-hydrogen) atoms. The first kappa shape index (κ1) is 20.4. The van der Waals surface area contributed by atoms with E-state index in [0.717, 1.165) is 28.3 Å². The number of hydrogen-bond donors (Lipinski definition) is 3. The monoisotopic (exact) mass is 417 g/mol. The van der Waals surface area contributed by atoms with Gasteiger partial charge in [0.1, 0.15) is 5.60 Å². The van der Waals surface area contributed by atoms with E-state index in [9.17, 15) is 29.2 Å². The van der Waals surface area contributed by atoms with E-state index in [1.807, 2.05) is 30.3 Å². The van der Waals surface area contributed by atoms with Crippen molar-refractivity contribution in [2.24, 2.45) is 0 Å². The number of rotatable bonds is 5. The Bertz CT molecular complexity index is 1080. The van der Waals surface area contributed by atoms with Gasteiger partial charge in [0.25, 0.3) is 0 Å². The van der Waals surface area contributed by atoms with E-state index >= 15 is 0 Å². The highest BCUT2D eigenvalue weighted by Crippen LogP contribution is 2.32. The molecule has 0 bridgehead atoms. The lowest BCUT2D eigenvalue weighted by atomic mass is 10.0. The molecule has 0 saturated carbocycles. The summed E-state index contributed by atoms with van der Waals surface area (Å²) < 4.78 is 14.3. The SMILES string of the molecule is CC(O)(CNC(=O)C(=O)Nc1ccc(F)c([N+](=O)[O-])c1)c1cc2ccccc2s1. The van der Waals surface area contributed by atoms with Crippen LogP contribution in [0.1, 0.15) is 11.8 Å². The van der Waals surface area contributed by atoms with Gasteiger partial charge in [-0.15, -0.1) is 11.3 Å². The first-order valence-electron chi connectivity index (χ1n) is 8.42. The molecule has 2 amide bonds. The predicted octanol–water partition coefficient (Wildman–Crippen LogP) is 2.91. The van der Waals surface area contributed by atoms with Crippen LogP contribution in [0.15, 0.2) is 48.5 Å². The van der Waals surface area contributed by atoms with Crippen molar-refractivity contribution in [2.75, 3.05) is 11.9 Å². The molecule has 3 N–H and O–H groups in total. The van der Waals surface area contributed by atoms with Gasteiger partial charge in [0, 0.05) is 21.3 Å². The normalized spacial score (nSPS) is 12.9. The second-order valence-corrected chi connectivity index (χ2v) is 7.57. The molecule has 10 heteroatoms. The van der Waals surface area contributed by atoms with Crippen molar-refractivity contribution in [2.45, 2.75) is 12.5 Å². The molecule has 1 heterocycles. The number of fused-ring (bicyclic) bond motifs is 1. The van der Waals surface area contributed by atoms with Crippen LogP contribution in [0.5, 0.6) is 0 Å². The fourth-order valence-electron chi connectivity index (χ4n) is 2.59. The van der Waals surface area contributed by atoms with E-state index in [2.05, 4.69) is 10.6 Å². The van der Waals surface area contributed by atoms with E-state index in [0.29, 0.717) is 4.88 Å². The minimum Gasteiger partial charge on any atom is -0.383 e. The fourth-order valence-corrected chi connectivity index (χ4v) is 3.69. The Balaban J connectivity index is 1.64. The van der Waals surface area contributed by atoms with Crippen LogP contribution in [-0.2, 0) is 15.2 Å². The number of benzene rings is 2. The number of amides is 2. The Morgan fingerprint density at radius 2 is 1.93 bits per heavy atom. The molecule has 3 aromatic rings. The second-order valence-electron chi connectivity index (χ2n) is 6.48. The van der Waals surface area contributed by atoms with Crippen LogP contribution in [0.25, 0.3) is 10.1 Å². The van der Waals surface area contributed by atoms with Crippen molar-refractivity contribution in [3.05, 3.63) is 69.3 Å². The fraction of sp³-hybridized carbons (Fsp3) is 0.158. The van der Waals surface area contributed by atoms with Gasteiger partial charge in [-0.1, -0.05) is 18.2 Å². The highest BCUT2D eigenvalue weighted by molar-refractivity contribution is 7.19. The van der Waals surface area contributed by atoms with Crippen LogP contribution < -0.4 is 10.6 Å². The number of nitro groups is 1. The molecule has 0 radical (unpaired) electrons. The van der Waals surface area contributed by atoms with Crippen LogP contribution >= 0.6 is 11.3 Å². The standard InChI is InChI=1S/C19H16FN3O5S/c1-19(26,16-8-11-4-2-3-5-15(11)29-16)10-21-17(24)18(25)22-12-6-7-13(20)14(9-12)23(27)28/h2-9,26H,10H2,1H3,(H,21,24)(H,22,25). The number of carbonyl (C=O) groups excluding carboxylic acids is 2. The topological polar surface area (TPSA) is 122 Å². The maximum atomic E-state index is 13.3. The molecule has 8 nitrogen and oxygen atoms in total. The van der Waals surface area contributed by atoms with E-state index in [1.54, 1.807) is 0 Å². The van der Waals surface area contributed by atoms with Gasteiger partial charge in [0.05, 0.1) is 11.5 Å². The summed E-state index contributed by atoms with van der Waals surface area (Å²) in [6.07, 6.45) is 0. The highest BCUT2D eigenvalue weighted by atomic mass is 32.1. The third kappa shape index (κ3) is 4.55. The minimum absolute atomic E-state index is 0.102. The first-order valence-corrected chi connectivity index (χ1v) is 9.23. The molecule has 1 unspecified atom stereocenters. The lowest BCUT2D eigenvalue weighted by Crippen LogP contribution is -2.43. The van der Waals surface area contributed by atoms with Gasteiger partial charge >= 0.3 is 17.5 Å². The van der Waals surface area contributed by atoms with Crippen molar-refractivity contribution in [3.63, 3.8) is 0 Å². The molecule has 150 valence electrons. The van der Waals surface area contributed by atoms with Gasteiger partial charge < -0.3 is 15.7 Å². The van der Waals surface area contributed by atoms with Gasteiger partial charge in [0.15, 0.2) is 0 Å². The molecule has 0 spiro atoms. The Morgan fingerprint density at radius 3 is 2.62 bits per heavy atom. The minimum atomic E-state index is -1.41. The molecule has 0 saturated heterocycles. The van der Waals surface area contributed by atoms with Crippen molar-refractivity contribution < 1.29 is 24.0 Å². The third-order valence-electron chi connectivity index (χ3n) is 4.16. The van der Waals surface area contributed by atoms with Crippen LogP contribution in [0.4, 0.5) is 15.8 Å². The van der Waals surface area contributed by atoms with Crippen molar-refractivity contribution in [1.82, 2.24) is 5.32 Å². The molecule has 2 aromatic carbocycles. The summed E-state index contributed by atoms with van der Waals surface area (Å²) in [4.78, 5) is 34.5. The number of nitrogens with one attached hydrogen (secondary N) is 2. The zero-order chi connectivity index (χ0) is 21.2. The van der Waals surface area contributed by atoms with Gasteiger partial charge in [-0.2, -0.15) is 4.39 Å². The summed E-state index contributed by atoms with van der Waals surface area (Å²) in [5.74, 6) is -3.20. The molecule has 0 fully saturated rings. The third-order valence-corrected chi connectivity index (χ3v) is 5.53. The Morgan fingerprint density at radius 1 is 1.21 bits per heavy atom. The van der Waals surface area contributed by atoms with Crippen LogP contribution in [0.2, 0.25) is 0 Å². The molecule has 1 atom stereocenters. The largest absolute Gasteiger partial charge is 0.383 e. The van der Waals surface area contributed by atoms with Gasteiger partial charge in [-0.25, -0.2) is 0 Å². The molecular formula is C19H16FN3O5S. The molecule has 0 aliphatic carbocycles. The molecule has 3 rings (SSSR count). The highest BCUT2D eigenvalue weighted by Gasteiger charge is 2.27. The number of thiophene rings is 1. The average molecular weight is 417 g/mol. The van der Waals surface area contributed by atoms with E-state index in [4.69, 9.17) is 0 Å². The Hall–Kier alpha value is -3.37. The number of carbonyl (C=O) groups is 2.